The first-order valence-corrected chi connectivity index (χ1v) is 14.2. The summed E-state index contributed by atoms with van der Waals surface area (Å²) in [7, 11) is -3.55. The van der Waals surface area contributed by atoms with E-state index in [1.807, 2.05) is 37.4 Å². The largest absolute Gasteiger partial charge is 0.347 e. The Balaban J connectivity index is 1.38. The maximum Gasteiger partial charge on any atom is 0.240 e. The average molecular weight is 485 g/mol. The summed E-state index contributed by atoms with van der Waals surface area (Å²) in [5.74, 6) is 0.451. The average Bonchev–Trinajstić information content (AvgIpc) is 3.23. The highest BCUT2D eigenvalue weighted by Gasteiger charge is 2.32. The predicted octanol–water partition coefficient (Wildman–Crippen LogP) is 6.82. The molecule has 1 heterocycles. The van der Waals surface area contributed by atoms with Gasteiger partial charge in [0.1, 0.15) is 5.82 Å². The van der Waals surface area contributed by atoms with Crippen LogP contribution in [0.3, 0.4) is 0 Å². The lowest BCUT2D eigenvalue weighted by molar-refractivity contribution is 0.227. The van der Waals surface area contributed by atoms with E-state index in [0.29, 0.717) is 10.8 Å². The number of hydrogen-bond donors (Lipinski definition) is 1. The van der Waals surface area contributed by atoms with Gasteiger partial charge in [0, 0.05) is 29.7 Å². The van der Waals surface area contributed by atoms with Crippen molar-refractivity contribution < 1.29 is 12.8 Å². The van der Waals surface area contributed by atoms with Crippen LogP contribution in [0.4, 0.5) is 4.39 Å². The normalized spacial score (nSPS) is 17.1. The van der Waals surface area contributed by atoms with Crippen molar-refractivity contribution in [2.24, 2.45) is 11.8 Å². The van der Waals surface area contributed by atoms with Crippen LogP contribution in [0.2, 0.25) is 0 Å². The monoisotopic (exact) mass is 484 g/mol. The van der Waals surface area contributed by atoms with Gasteiger partial charge in [-0.25, -0.2) is 17.5 Å². The minimum atomic E-state index is -3.55. The second-order valence-corrected chi connectivity index (χ2v) is 11.8. The first-order chi connectivity index (χ1) is 16.3. The molecule has 0 bridgehead atoms. The molecule has 1 aliphatic carbocycles. The molecule has 4 rings (SSSR count). The van der Waals surface area contributed by atoms with E-state index in [2.05, 4.69) is 16.2 Å². The quantitative estimate of drug-likeness (QED) is 0.321. The van der Waals surface area contributed by atoms with Crippen molar-refractivity contribution in [2.75, 3.05) is 0 Å². The molecule has 1 fully saturated rings. The molecule has 2 atom stereocenters. The van der Waals surface area contributed by atoms with Crippen LogP contribution in [0.5, 0.6) is 0 Å². The SMILES string of the molecule is Cc1ccc(S(=O)(=O)NC(C(C)CCCCn2ccc3cc(F)ccc32)C2CCCCC2)cc1. The molecule has 3 aromatic rings. The third kappa shape index (κ3) is 6.08. The molecule has 6 heteroatoms. The van der Waals surface area contributed by atoms with Crippen LogP contribution in [-0.2, 0) is 16.6 Å². The Morgan fingerprint density at radius 3 is 2.50 bits per heavy atom. The van der Waals surface area contributed by atoms with Gasteiger partial charge in [0.15, 0.2) is 0 Å². The third-order valence-corrected chi connectivity index (χ3v) is 8.91. The number of halogens is 1. The maximum atomic E-state index is 13.5. The van der Waals surface area contributed by atoms with Crippen LogP contribution < -0.4 is 4.72 Å². The zero-order valence-electron chi connectivity index (χ0n) is 20.3. The molecule has 0 amide bonds. The van der Waals surface area contributed by atoms with Gasteiger partial charge in [-0.15, -0.1) is 0 Å². The zero-order chi connectivity index (χ0) is 24.1. The summed E-state index contributed by atoms with van der Waals surface area (Å²) in [5.41, 5.74) is 2.11. The van der Waals surface area contributed by atoms with E-state index < -0.39 is 10.0 Å². The number of aromatic nitrogens is 1. The van der Waals surface area contributed by atoms with Gasteiger partial charge in [0.2, 0.25) is 10.0 Å². The highest BCUT2D eigenvalue weighted by Crippen LogP contribution is 2.32. The Kier molecular flexibility index (Phi) is 8.10. The molecule has 1 aromatic heterocycles. The molecule has 1 saturated carbocycles. The highest BCUT2D eigenvalue weighted by atomic mass is 32.2. The van der Waals surface area contributed by atoms with Crippen LogP contribution in [0.25, 0.3) is 10.9 Å². The second-order valence-electron chi connectivity index (χ2n) is 10.0. The molecule has 0 radical (unpaired) electrons. The molecule has 4 nitrogen and oxygen atoms in total. The van der Waals surface area contributed by atoms with Crippen LogP contribution in [0, 0.1) is 24.6 Å². The van der Waals surface area contributed by atoms with E-state index in [4.69, 9.17) is 0 Å². The molecule has 0 aliphatic heterocycles. The van der Waals surface area contributed by atoms with Gasteiger partial charge in [0.25, 0.3) is 0 Å². The van der Waals surface area contributed by atoms with Gasteiger partial charge in [-0.3, -0.25) is 0 Å². The standard InChI is InChI=1S/C28H37FN2O2S/c1-21-11-14-26(15-12-21)34(32,33)30-28(23-9-4-3-5-10-23)22(2)8-6-7-18-31-19-17-24-20-25(29)13-16-27(24)31/h11-17,19-20,22-23,28,30H,3-10,18H2,1-2H3. The Hall–Kier alpha value is -2.18. The van der Waals surface area contributed by atoms with Gasteiger partial charge in [0.05, 0.1) is 4.90 Å². The van der Waals surface area contributed by atoms with Crippen molar-refractivity contribution in [3.05, 3.63) is 66.1 Å². The number of fused-ring (bicyclic) bond motifs is 1. The van der Waals surface area contributed by atoms with E-state index in [0.717, 1.165) is 55.1 Å². The van der Waals surface area contributed by atoms with Gasteiger partial charge in [-0.05, 0) is 80.8 Å². The fourth-order valence-corrected chi connectivity index (χ4v) is 6.84. The Morgan fingerprint density at radius 1 is 1.03 bits per heavy atom. The van der Waals surface area contributed by atoms with Crippen molar-refractivity contribution in [3.63, 3.8) is 0 Å². The second kappa shape index (κ2) is 11.0. The number of hydrogen-bond acceptors (Lipinski definition) is 2. The van der Waals surface area contributed by atoms with Gasteiger partial charge in [-0.1, -0.05) is 50.3 Å². The zero-order valence-corrected chi connectivity index (χ0v) is 21.2. The predicted molar refractivity (Wildman–Crippen MR) is 137 cm³/mol. The number of benzene rings is 2. The van der Waals surface area contributed by atoms with Gasteiger partial charge in [-0.2, -0.15) is 0 Å². The highest BCUT2D eigenvalue weighted by molar-refractivity contribution is 7.89. The van der Waals surface area contributed by atoms with E-state index in [9.17, 15) is 12.8 Å². The molecule has 2 unspecified atom stereocenters. The summed E-state index contributed by atoms with van der Waals surface area (Å²) < 4.78 is 45.1. The summed E-state index contributed by atoms with van der Waals surface area (Å²) in [4.78, 5) is 0.349. The lowest BCUT2D eigenvalue weighted by Crippen LogP contribution is -2.45. The van der Waals surface area contributed by atoms with Gasteiger partial charge >= 0.3 is 0 Å². The van der Waals surface area contributed by atoms with Crippen LogP contribution >= 0.6 is 0 Å². The molecule has 0 spiro atoms. The fraction of sp³-hybridized carbons (Fsp3) is 0.500. The summed E-state index contributed by atoms with van der Waals surface area (Å²) >= 11 is 0. The molecule has 2 aromatic carbocycles. The van der Waals surface area contributed by atoms with Crippen LogP contribution in [-0.4, -0.2) is 19.0 Å². The minimum Gasteiger partial charge on any atom is -0.347 e. The first-order valence-electron chi connectivity index (χ1n) is 12.7. The van der Waals surface area contributed by atoms with E-state index in [-0.39, 0.29) is 17.8 Å². The Labute approximate surface area is 203 Å². The molecule has 1 aliphatic rings. The van der Waals surface area contributed by atoms with E-state index >= 15 is 0 Å². The number of unbranched alkanes of at least 4 members (excludes halogenated alkanes) is 1. The molecule has 184 valence electrons. The smallest absolute Gasteiger partial charge is 0.240 e. The number of aryl methyl sites for hydroxylation is 2. The van der Waals surface area contributed by atoms with Crippen molar-refractivity contribution in [2.45, 2.75) is 82.7 Å². The molecule has 34 heavy (non-hydrogen) atoms. The number of nitrogens with zero attached hydrogens (tertiary/aromatic N) is 1. The molecule has 0 saturated heterocycles. The van der Waals surface area contributed by atoms with Crippen molar-refractivity contribution in [1.29, 1.82) is 0 Å². The molecule has 1 N–H and O–H groups in total. The maximum absolute atomic E-state index is 13.5. The van der Waals surface area contributed by atoms with Crippen LogP contribution in [0.15, 0.2) is 59.6 Å². The van der Waals surface area contributed by atoms with Crippen molar-refractivity contribution in [1.82, 2.24) is 9.29 Å². The summed E-state index contributed by atoms with van der Waals surface area (Å²) in [5, 5.41) is 0.927. The summed E-state index contributed by atoms with van der Waals surface area (Å²) in [6.45, 7) is 5.04. The number of nitrogens with one attached hydrogen (secondary N) is 1. The lowest BCUT2D eigenvalue weighted by Gasteiger charge is -2.35. The van der Waals surface area contributed by atoms with Crippen molar-refractivity contribution >= 4 is 20.9 Å². The topological polar surface area (TPSA) is 51.1 Å². The van der Waals surface area contributed by atoms with Crippen LogP contribution in [0.1, 0.15) is 63.9 Å². The van der Waals surface area contributed by atoms with E-state index in [1.54, 1.807) is 18.2 Å². The Morgan fingerprint density at radius 2 is 1.76 bits per heavy atom. The van der Waals surface area contributed by atoms with Gasteiger partial charge < -0.3 is 4.57 Å². The third-order valence-electron chi connectivity index (χ3n) is 7.43. The van der Waals surface area contributed by atoms with E-state index in [1.165, 1.54) is 25.3 Å². The Bertz CT molecular complexity index is 1180. The number of sulfonamides is 1. The summed E-state index contributed by atoms with van der Waals surface area (Å²) in [6, 6.07) is 14.0. The molecular weight excluding hydrogens is 447 g/mol. The lowest BCUT2D eigenvalue weighted by atomic mass is 9.78. The fourth-order valence-electron chi connectivity index (χ4n) is 5.43. The summed E-state index contributed by atoms with van der Waals surface area (Å²) in [6.07, 6.45) is 10.8. The minimum absolute atomic E-state index is 0.0398. The molecular formula is C28H37FN2O2S. The number of rotatable bonds is 10. The van der Waals surface area contributed by atoms with Crippen molar-refractivity contribution in [3.8, 4) is 0 Å². The first kappa shape index (κ1) is 24.9.